The van der Waals surface area contributed by atoms with Crippen molar-refractivity contribution in [2.45, 2.75) is 37.0 Å². The fraction of sp³-hybridized carbons (Fsp3) is 0.238. The van der Waals surface area contributed by atoms with Gasteiger partial charge in [-0.3, -0.25) is 9.59 Å². The standard InChI is InChI=1S/C42H43N3O2/c46-40(36-22-24-39(25-23-36)44-41(47)35-16-7-2-8-17-35)43-32-42(37-18-9-3-10-19-37,38-20-11-4-12-21-38)28-13-29-45-30-26-34(27-31-45)33-14-5-1-6-15-33/h1-12,14-25,34H,13,26-32H2,(H,43,46)(H,44,47). The Hall–Kier alpha value is -5.00. The Morgan fingerprint density at radius 3 is 1.70 bits per heavy atom. The Balaban J connectivity index is 1.14. The SMILES string of the molecule is O=C(NCC(CCCN1CCC(c2ccccc2)CC1)(c1ccccc1)c1ccccc1)c1ccc(NC(=O)c2ccccc2)cc1. The average molecular weight is 622 g/mol. The summed E-state index contributed by atoms with van der Waals surface area (Å²) in [5.74, 6) is 0.327. The Kier molecular flexibility index (Phi) is 10.6. The van der Waals surface area contributed by atoms with E-state index in [-0.39, 0.29) is 17.2 Å². The van der Waals surface area contributed by atoms with Gasteiger partial charge in [0.1, 0.15) is 0 Å². The minimum absolute atomic E-state index is 0.134. The predicted molar refractivity (Wildman–Crippen MR) is 191 cm³/mol. The first-order chi connectivity index (χ1) is 23.1. The normalized spacial score (nSPS) is 14.0. The zero-order valence-corrected chi connectivity index (χ0v) is 26.9. The molecule has 0 unspecified atom stereocenters. The molecule has 0 saturated carbocycles. The zero-order valence-electron chi connectivity index (χ0n) is 26.9. The molecule has 0 bridgehead atoms. The van der Waals surface area contributed by atoms with Crippen LogP contribution < -0.4 is 10.6 Å². The molecule has 5 aromatic carbocycles. The first-order valence-corrected chi connectivity index (χ1v) is 16.7. The van der Waals surface area contributed by atoms with Crippen molar-refractivity contribution in [1.29, 1.82) is 0 Å². The highest BCUT2D eigenvalue weighted by Gasteiger charge is 2.35. The van der Waals surface area contributed by atoms with Crippen LogP contribution >= 0.6 is 0 Å². The van der Waals surface area contributed by atoms with Gasteiger partial charge in [-0.2, -0.15) is 0 Å². The summed E-state index contributed by atoms with van der Waals surface area (Å²) in [6.07, 6.45) is 4.31. The number of anilines is 1. The number of hydrogen-bond acceptors (Lipinski definition) is 3. The maximum atomic E-state index is 13.6. The lowest BCUT2D eigenvalue weighted by molar-refractivity contribution is 0.0944. The van der Waals surface area contributed by atoms with E-state index >= 15 is 0 Å². The van der Waals surface area contributed by atoms with Crippen LogP contribution in [0.2, 0.25) is 0 Å². The number of carbonyl (C=O) groups excluding carboxylic acids is 2. The van der Waals surface area contributed by atoms with Crippen molar-refractivity contribution in [3.05, 3.63) is 173 Å². The summed E-state index contributed by atoms with van der Waals surface area (Å²) in [5, 5.41) is 6.21. The molecule has 1 aliphatic heterocycles. The number of likely N-dealkylation sites (tertiary alicyclic amines) is 1. The van der Waals surface area contributed by atoms with Crippen molar-refractivity contribution in [3.63, 3.8) is 0 Å². The second-order valence-electron chi connectivity index (χ2n) is 12.5. The molecule has 0 spiro atoms. The van der Waals surface area contributed by atoms with Gasteiger partial charge in [-0.25, -0.2) is 0 Å². The van der Waals surface area contributed by atoms with Crippen LogP contribution in [0, 0.1) is 0 Å². The largest absolute Gasteiger partial charge is 0.351 e. The number of carbonyl (C=O) groups is 2. The van der Waals surface area contributed by atoms with Gasteiger partial charge in [0.05, 0.1) is 0 Å². The van der Waals surface area contributed by atoms with Gasteiger partial charge in [0.2, 0.25) is 0 Å². The van der Waals surface area contributed by atoms with Crippen LogP contribution in [0.5, 0.6) is 0 Å². The van der Waals surface area contributed by atoms with Gasteiger partial charge in [-0.05, 0) is 104 Å². The molecule has 1 aliphatic rings. The van der Waals surface area contributed by atoms with Crippen LogP contribution in [0.1, 0.15) is 69.0 Å². The van der Waals surface area contributed by atoms with Gasteiger partial charge in [0, 0.05) is 28.8 Å². The number of hydrogen-bond donors (Lipinski definition) is 2. The summed E-state index contributed by atoms with van der Waals surface area (Å²) in [5.41, 5.74) is 5.27. The van der Waals surface area contributed by atoms with Gasteiger partial charge < -0.3 is 15.5 Å². The summed E-state index contributed by atoms with van der Waals surface area (Å²) in [4.78, 5) is 28.8. The number of nitrogens with zero attached hydrogens (tertiary/aromatic N) is 1. The molecule has 0 aromatic heterocycles. The maximum absolute atomic E-state index is 13.6. The van der Waals surface area contributed by atoms with Crippen molar-refractivity contribution in [2.24, 2.45) is 0 Å². The van der Waals surface area contributed by atoms with Crippen LogP contribution in [-0.2, 0) is 5.41 Å². The lowest BCUT2D eigenvalue weighted by atomic mass is 9.71. The van der Waals surface area contributed by atoms with Crippen LogP contribution in [0.4, 0.5) is 5.69 Å². The first kappa shape index (κ1) is 32.0. The van der Waals surface area contributed by atoms with Gasteiger partial charge in [0.25, 0.3) is 11.8 Å². The molecule has 2 amide bonds. The summed E-state index contributed by atoms with van der Waals surface area (Å²) >= 11 is 0. The molecule has 5 nitrogen and oxygen atoms in total. The van der Waals surface area contributed by atoms with E-state index in [9.17, 15) is 9.59 Å². The van der Waals surface area contributed by atoms with Gasteiger partial charge in [0.15, 0.2) is 0 Å². The molecule has 5 heteroatoms. The Morgan fingerprint density at radius 1 is 0.617 bits per heavy atom. The van der Waals surface area contributed by atoms with Crippen LogP contribution in [0.15, 0.2) is 146 Å². The van der Waals surface area contributed by atoms with E-state index in [2.05, 4.69) is 94.4 Å². The number of benzene rings is 5. The maximum Gasteiger partial charge on any atom is 0.255 e. The Morgan fingerprint density at radius 2 is 1.13 bits per heavy atom. The third-order valence-corrected chi connectivity index (χ3v) is 9.58. The highest BCUT2D eigenvalue weighted by molar-refractivity contribution is 6.04. The number of rotatable bonds is 12. The lowest BCUT2D eigenvalue weighted by Crippen LogP contribution is -2.42. The molecule has 1 heterocycles. The quantitative estimate of drug-likeness (QED) is 0.147. The van der Waals surface area contributed by atoms with Crippen LogP contribution in [-0.4, -0.2) is 42.9 Å². The molecule has 0 atom stereocenters. The van der Waals surface area contributed by atoms with E-state index in [4.69, 9.17) is 0 Å². The highest BCUT2D eigenvalue weighted by atomic mass is 16.2. The van der Waals surface area contributed by atoms with Crippen molar-refractivity contribution >= 4 is 17.5 Å². The predicted octanol–water partition coefficient (Wildman–Crippen LogP) is 8.31. The zero-order chi connectivity index (χ0) is 32.3. The molecule has 5 aromatic rings. The summed E-state index contributed by atoms with van der Waals surface area (Å²) < 4.78 is 0. The van der Waals surface area contributed by atoms with E-state index in [1.54, 1.807) is 36.4 Å². The van der Waals surface area contributed by atoms with Gasteiger partial charge in [-0.15, -0.1) is 0 Å². The summed E-state index contributed by atoms with van der Waals surface area (Å²) in [7, 11) is 0. The molecular weight excluding hydrogens is 578 g/mol. The fourth-order valence-electron chi connectivity index (χ4n) is 6.91. The topological polar surface area (TPSA) is 61.4 Å². The van der Waals surface area contributed by atoms with Crippen molar-refractivity contribution in [1.82, 2.24) is 10.2 Å². The van der Waals surface area contributed by atoms with Crippen molar-refractivity contribution in [3.8, 4) is 0 Å². The smallest absolute Gasteiger partial charge is 0.255 e. The monoisotopic (exact) mass is 621 g/mol. The van der Waals surface area contributed by atoms with E-state index < -0.39 is 0 Å². The Labute approximate surface area is 278 Å². The van der Waals surface area contributed by atoms with Crippen LogP contribution in [0.25, 0.3) is 0 Å². The molecule has 0 aliphatic carbocycles. The minimum Gasteiger partial charge on any atom is -0.351 e. The number of piperidine rings is 1. The fourth-order valence-corrected chi connectivity index (χ4v) is 6.91. The minimum atomic E-state index is -0.385. The molecule has 1 fully saturated rings. The molecule has 2 N–H and O–H groups in total. The third kappa shape index (κ3) is 8.05. The van der Waals surface area contributed by atoms with Crippen LogP contribution in [0.3, 0.4) is 0 Å². The van der Waals surface area contributed by atoms with E-state index in [0.717, 1.165) is 32.5 Å². The van der Waals surface area contributed by atoms with Crippen molar-refractivity contribution < 1.29 is 9.59 Å². The molecule has 1 saturated heterocycles. The lowest BCUT2D eigenvalue weighted by Gasteiger charge is -2.37. The second kappa shape index (κ2) is 15.5. The highest BCUT2D eigenvalue weighted by Crippen LogP contribution is 2.37. The first-order valence-electron chi connectivity index (χ1n) is 16.7. The van der Waals surface area contributed by atoms with Gasteiger partial charge >= 0.3 is 0 Å². The molecular formula is C42H43N3O2. The average Bonchev–Trinajstić information content (AvgIpc) is 3.15. The van der Waals surface area contributed by atoms with E-state index in [0.29, 0.717) is 29.3 Å². The Bertz CT molecular complexity index is 1660. The van der Waals surface area contributed by atoms with Crippen molar-refractivity contribution in [2.75, 3.05) is 31.5 Å². The summed E-state index contributed by atoms with van der Waals surface area (Å²) in [6, 6.07) is 48.3. The molecule has 47 heavy (non-hydrogen) atoms. The van der Waals surface area contributed by atoms with E-state index in [1.165, 1.54) is 29.5 Å². The second-order valence-corrected chi connectivity index (χ2v) is 12.5. The summed E-state index contributed by atoms with van der Waals surface area (Å²) in [6.45, 7) is 3.74. The number of nitrogens with one attached hydrogen (secondary N) is 2. The molecule has 0 radical (unpaired) electrons. The third-order valence-electron chi connectivity index (χ3n) is 9.58. The molecule has 6 rings (SSSR count). The number of amides is 2. The van der Waals surface area contributed by atoms with Gasteiger partial charge in [-0.1, -0.05) is 109 Å². The molecule has 238 valence electrons. The van der Waals surface area contributed by atoms with E-state index in [1.807, 2.05) is 30.3 Å².